The van der Waals surface area contributed by atoms with Crippen LogP contribution in [-0.4, -0.2) is 53.1 Å². The first-order chi connectivity index (χ1) is 14.3. The molecule has 0 aliphatic carbocycles. The predicted molar refractivity (Wildman–Crippen MR) is 114 cm³/mol. The Morgan fingerprint density at radius 3 is 2.70 bits per heavy atom. The number of nitrogens with zero attached hydrogens (tertiary/aromatic N) is 3. The fourth-order valence-corrected chi connectivity index (χ4v) is 4.84. The highest BCUT2D eigenvalue weighted by molar-refractivity contribution is 7.89. The highest BCUT2D eigenvalue weighted by Crippen LogP contribution is 2.35. The molecule has 0 amide bonds. The normalized spacial score (nSPS) is 15.6. The summed E-state index contributed by atoms with van der Waals surface area (Å²) in [5.74, 6) is 0.139. The first-order valence-electron chi connectivity index (χ1n) is 9.67. The molecule has 0 fully saturated rings. The summed E-state index contributed by atoms with van der Waals surface area (Å²) in [4.78, 5) is 11.9. The SMILES string of the molecule is COc1ccc(F)cc1-c1ncnc2[nH]c(C3=CCN(S(=O)(=O)C(C)C)CC3)cc12. The Morgan fingerprint density at radius 2 is 2.03 bits per heavy atom. The van der Waals surface area contributed by atoms with Gasteiger partial charge in [-0.15, -0.1) is 0 Å². The Bertz CT molecular complexity index is 1230. The lowest BCUT2D eigenvalue weighted by molar-refractivity contribution is 0.415. The molecule has 158 valence electrons. The molecular weight excluding hydrogens is 407 g/mol. The number of fused-ring (bicyclic) bond motifs is 1. The van der Waals surface area contributed by atoms with Gasteiger partial charge in [-0.25, -0.2) is 22.8 Å². The third kappa shape index (κ3) is 3.59. The number of rotatable bonds is 5. The van der Waals surface area contributed by atoms with Gasteiger partial charge in [0.05, 0.1) is 18.1 Å². The van der Waals surface area contributed by atoms with Crippen molar-refractivity contribution in [2.24, 2.45) is 0 Å². The van der Waals surface area contributed by atoms with Crippen molar-refractivity contribution >= 4 is 26.6 Å². The number of hydrogen-bond acceptors (Lipinski definition) is 5. The molecule has 1 aliphatic rings. The minimum Gasteiger partial charge on any atom is -0.496 e. The molecule has 3 heterocycles. The number of aromatic amines is 1. The molecule has 3 aromatic rings. The molecule has 0 bridgehead atoms. The lowest BCUT2D eigenvalue weighted by Gasteiger charge is -2.27. The van der Waals surface area contributed by atoms with E-state index in [1.807, 2.05) is 12.1 Å². The maximum atomic E-state index is 13.9. The number of sulfonamides is 1. The summed E-state index contributed by atoms with van der Waals surface area (Å²) in [6.07, 6.45) is 3.93. The van der Waals surface area contributed by atoms with Crippen LogP contribution in [0.5, 0.6) is 5.75 Å². The van der Waals surface area contributed by atoms with Gasteiger partial charge in [-0.3, -0.25) is 0 Å². The van der Waals surface area contributed by atoms with Gasteiger partial charge in [-0.1, -0.05) is 6.08 Å². The second kappa shape index (κ2) is 7.81. The zero-order chi connectivity index (χ0) is 21.5. The maximum absolute atomic E-state index is 13.9. The van der Waals surface area contributed by atoms with Crippen molar-refractivity contribution in [3.63, 3.8) is 0 Å². The minimum absolute atomic E-state index is 0.335. The summed E-state index contributed by atoms with van der Waals surface area (Å²) in [5.41, 5.74) is 3.60. The van der Waals surface area contributed by atoms with Gasteiger partial charge < -0.3 is 9.72 Å². The van der Waals surface area contributed by atoms with Gasteiger partial charge >= 0.3 is 0 Å². The van der Waals surface area contributed by atoms with Crippen LogP contribution in [0.1, 0.15) is 26.0 Å². The Labute approximate surface area is 174 Å². The van der Waals surface area contributed by atoms with Crippen molar-refractivity contribution in [1.29, 1.82) is 0 Å². The molecule has 0 saturated carbocycles. The lowest BCUT2D eigenvalue weighted by Crippen LogP contribution is -2.39. The zero-order valence-electron chi connectivity index (χ0n) is 17.0. The fraction of sp³-hybridized carbons (Fsp3) is 0.333. The van der Waals surface area contributed by atoms with Gasteiger partial charge in [0.2, 0.25) is 10.0 Å². The van der Waals surface area contributed by atoms with Crippen molar-refractivity contribution < 1.29 is 17.5 Å². The number of methoxy groups -OCH3 is 1. The second-order valence-corrected chi connectivity index (χ2v) is 9.93. The molecule has 4 rings (SSSR count). The third-order valence-electron chi connectivity index (χ3n) is 5.32. The molecule has 1 aliphatic heterocycles. The van der Waals surface area contributed by atoms with E-state index < -0.39 is 15.3 Å². The molecule has 1 N–H and O–H groups in total. The molecule has 1 aromatic carbocycles. The number of H-pyrrole nitrogens is 1. The van der Waals surface area contributed by atoms with Crippen molar-refractivity contribution in [3.8, 4) is 17.0 Å². The van der Waals surface area contributed by atoms with Gasteiger partial charge in [0.1, 0.15) is 23.5 Å². The minimum atomic E-state index is -3.28. The molecule has 2 aromatic heterocycles. The molecule has 0 radical (unpaired) electrons. The van der Waals surface area contributed by atoms with E-state index in [-0.39, 0.29) is 5.82 Å². The summed E-state index contributed by atoms with van der Waals surface area (Å²) in [5, 5.41) is 0.300. The summed E-state index contributed by atoms with van der Waals surface area (Å²) < 4.78 is 45.5. The first-order valence-corrected chi connectivity index (χ1v) is 11.2. The third-order valence-corrected chi connectivity index (χ3v) is 7.56. The van der Waals surface area contributed by atoms with Gasteiger partial charge in [0.15, 0.2) is 0 Å². The molecule has 30 heavy (non-hydrogen) atoms. The topological polar surface area (TPSA) is 88.2 Å². The quantitative estimate of drug-likeness (QED) is 0.668. The van der Waals surface area contributed by atoms with E-state index in [2.05, 4.69) is 15.0 Å². The number of halogens is 1. The van der Waals surface area contributed by atoms with Crippen LogP contribution in [-0.2, 0) is 10.0 Å². The van der Waals surface area contributed by atoms with Gasteiger partial charge in [-0.05, 0) is 50.1 Å². The van der Waals surface area contributed by atoms with Crippen molar-refractivity contribution in [3.05, 3.63) is 48.2 Å². The molecule has 0 spiro atoms. The van der Waals surface area contributed by atoms with Crippen LogP contribution in [0.3, 0.4) is 0 Å². The lowest BCUT2D eigenvalue weighted by atomic mass is 10.0. The predicted octanol–water partition coefficient (Wildman–Crippen LogP) is 3.60. The average molecular weight is 431 g/mol. The van der Waals surface area contributed by atoms with Crippen LogP contribution in [0.25, 0.3) is 27.9 Å². The number of aromatic nitrogens is 3. The Morgan fingerprint density at radius 1 is 1.23 bits per heavy atom. The second-order valence-electron chi connectivity index (χ2n) is 7.44. The van der Waals surface area contributed by atoms with E-state index in [9.17, 15) is 12.8 Å². The van der Waals surface area contributed by atoms with E-state index in [1.54, 1.807) is 19.9 Å². The molecule has 7 nitrogen and oxygen atoms in total. The number of ether oxygens (including phenoxy) is 1. The summed E-state index contributed by atoms with van der Waals surface area (Å²) in [7, 11) is -1.75. The first kappa shape index (κ1) is 20.5. The Balaban J connectivity index is 1.72. The van der Waals surface area contributed by atoms with Crippen molar-refractivity contribution in [2.45, 2.75) is 25.5 Å². The van der Waals surface area contributed by atoms with Crippen LogP contribution in [0.15, 0.2) is 36.7 Å². The van der Waals surface area contributed by atoms with Crippen LogP contribution < -0.4 is 4.74 Å². The summed E-state index contributed by atoms with van der Waals surface area (Å²) in [6, 6.07) is 6.22. The van der Waals surface area contributed by atoms with Gasteiger partial charge in [0, 0.05) is 29.7 Å². The van der Waals surface area contributed by atoms with Crippen molar-refractivity contribution in [1.82, 2.24) is 19.3 Å². The van der Waals surface area contributed by atoms with E-state index in [1.165, 1.54) is 29.9 Å². The summed E-state index contributed by atoms with van der Waals surface area (Å²) in [6.45, 7) is 4.14. The molecule has 0 saturated heterocycles. The number of benzene rings is 1. The van der Waals surface area contributed by atoms with Gasteiger partial charge in [-0.2, -0.15) is 4.31 Å². The number of nitrogens with one attached hydrogen (secondary N) is 1. The monoisotopic (exact) mass is 430 g/mol. The smallest absolute Gasteiger partial charge is 0.216 e. The van der Waals surface area contributed by atoms with E-state index in [0.29, 0.717) is 42.2 Å². The molecule has 9 heteroatoms. The maximum Gasteiger partial charge on any atom is 0.216 e. The van der Waals surface area contributed by atoms with E-state index >= 15 is 0 Å². The average Bonchev–Trinajstić information content (AvgIpc) is 3.18. The van der Waals surface area contributed by atoms with E-state index in [4.69, 9.17) is 4.74 Å². The fourth-order valence-electron chi connectivity index (χ4n) is 3.62. The number of hydrogen-bond donors (Lipinski definition) is 1. The van der Waals surface area contributed by atoms with E-state index in [0.717, 1.165) is 16.7 Å². The largest absolute Gasteiger partial charge is 0.496 e. The Hall–Kier alpha value is -2.78. The summed E-state index contributed by atoms with van der Waals surface area (Å²) >= 11 is 0. The molecular formula is C21H23FN4O3S. The van der Waals surface area contributed by atoms with Gasteiger partial charge in [0.25, 0.3) is 0 Å². The molecule has 0 atom stereocenters. The van der Waals surface area contributed by atoms with Crippen LogP contribution >= 0.6 is 0 Å². The molecule has 0 unspecified atom stereocenters. The van der Waals surface area contributed by atoms with Crippen molar-refractivity contribution in [2.75, 3.05) is 20.2 Å². The van der Waals surface area contributed by atoms with Crippen LogP contribution in [0.2, 0.25) is 0 Å². The zero-order valence-corrected chi connectivity index (χ0v) is 17.8. The standard InChI is InChI=1S/C21H23FN4O3S/c1-13(2)30(27,28)26-8-6-14(7-9-26)18-11-17-20(23-12-24-21(17)25-18)16-10-15(22)4-5-19(16)29-3/h4-6,10-13H,7-9H2,1-3H3,(H,23,24,25). The Kier molecular flexibility index (Phi) is 5.33. The van der Waals surface area contributed by atoms with Crippen LogP contribution in [0.4, 0.5) is 4.39 Å². The highest BCUT2D eigenvalue weighted by atomic mass is 32.2. The van der Waals surface area contributed by atoms with Crippen LogP contribution in [0, 0.1) is 5.82 Å². The highest BCUT2D eigenvalue weighted by Gasteiger charge is 2.27.